The van der Waals surface area contributed by atoms with Gasteiger partial charge in [-0.3, -0.25) is 34.3 Å². The molecule has 15 rings (SSSR count). The Balaban J connectivity index is 0.000000199. The van der Waals surface area contributed by atoms with E-state index in [1.165, 1.54) is 73.1 Å². The molecule has 4 fully saturated rings. The normalized spacial score (nSPS) is 19.4. The van der Waals surface area contributed by atoms with Gasteiger partial charge in [-0.05, 0) is 128 Å². The molecule has 0 saturated heterocycles. The van der Waals surface area contributed by atoms with Crippen LogP contribution in [0, 0.1) is 33.3 Å². The number of alkyl carbamates (subject to hydrolysis) is 1. The van der Waals surface area contributed by atoms with Gasteiger partial charge in [-0.1, -0.05) is 131 Å². The van der Waals surface area contributed by atoms with Gasteiger partial charge in [0.15, 0.2) is 28.7 Å². The van der Waals surface area contributed by atoms with Gasteiger partial charge in [0.1, 0.15) is 55.5 Å². The number of hydrogen-bond acceptors (Lipinski definition) is 19. The second-order valence-electron chi connectivity index (χ2n) is 33.0. The summed E-state index contributed by atoms with van der Waals surface area (Å²) >= 11 is 13.0. The van der Waals surface area contributed by atoms with Gasteiger partial charge in [0.05, 0.1) is 70.3 Å². The number of nitrogens with one attached hydrogen (secondary N) is 1. The maximum absolute atomic E-state index is 16.9. The summed E-state index contributed by atoms with van der Waals surface area (Å²) in [5.74, 6) is -7.52. The molecule has 0 spiro atoms. The van der Waals surface area contributed by atoms with Crippen molar-refractivity contribution in [3.63, 3.8) is 0 Å². The van der Waals surface area contributed by atoms with Gasteiger partial charge in [-0.25, -0.2) is 33.5 Å². The molecular weight excluding hydrogens is 1640 g/mol. The minimum absolute atomic E-state index is 0.0135. The first kappa shape index (κ1) is 85.1. The van der Waals surface area contributed by atoms with E-state index in [0.29, 0.717) is 32.8 Å². The van der Waals surface area contributed by atoms with E-state index in [-0.39, 0.29) is 111 Å². The number of esters is 2. The molecule has 40 heteroatoms. The predicted molar refractivity (Wildman–Crippen MR) is 407 cm³/mol. The van der Waals surface area contributed by atoms with Crippen LogP contribution >= 0.6 is 23.2 Å². The standard InChI is InChI=1S/C44H42ClF6N9O5.C36H36ClF6N9O3/c1-41(2,3)23-43(30-13-9-26(18-32(30)46)33-20-53-60(57-33)28-11-12-28)37(62)58(39(56-43)55-40(63)65-21-25-7-5-4-6-8-25)34(22-64-35(61)19-42(15-16-42)44(49,50)51)27-10-14-31(45)29(17-27)36-52-24-54-59(36)38(47)48;1-33(2,3)17-35(23-8-4-19(13-25(23)38)26-15-46-52(49-26)21-6-7-21)30(54)50(32(44)48-35)27(16-55-28(53)14-34(10-11-34)36(41,42)43)20-5-9-24(37)22(12-20)29-45-18-47-51(29)31(39)40/h4-10,13-14,17-18,20,24,28,34,38H,11-12,15-16,19,21-23H2,1-3H3,(H,55,56,63);4-5,8-9,12-13,15,18,21,27,31H,6-7,10-11,14,16-17H2,1-3H3,(H2,44,48)/t34-,43-;27-,35-/m11/s1. The lowest BCUT2D eigenvalue weighted by Gasteiger charge is -2.35. The van der Waals surface area contributed by atoms with E-state index in [2.05, 4.69) is 50.9 Å². The third-order valence-corrected chi connectivity index (χ3v) is 22.1. The van der Waals surface area contributed by atoms with Crippen molar-refractivity contribution in [1.82, 2.24) is 74.6 Å². The quantitative estimate of drug-likeness (QED) is 0.0289. The van der Waals surface area contributed by atoms with Crippen LogP contribution in [0.3, 0.4) is 0 Å². The van der Waals surface area contributed by atoms with Crippen molar-refractivity contribution in [3.8, 4) is 45.3 Å². The number of ether oxygens (including phenoxy) is 3. The Hall–Kier alpha value is -11.3. The maximum Gasteiger partial charge on any atom is 0.414 e. The largest absolute Gasteiger partial charge is 0.463 e. The van der Waals surface area contributed by atoms with Gasteiger partial charge in [-0.2, -0.15) is 93.5 Å². The Kier molecular flexibility index (Phi) is 22.9. The van der Waals surface area contributed by atoms with Gasteiger partial charge in [0.25, 0.3) is 11.8 Å². The van der Waals surface area contributed by atoms with E-state index in [1.807, 2.05) is 20.8 Å². The minimum atomic E-state index is -4.70. The number of benzene rings is 5. The SMILES string of the molecule is CC(C)(C)C[C@]1(c2ccc(-c3cnn(C4CC4)n3)cc2F)N=C(N)N([C@H](COC(=O)CC2(C(F)(F)F)CC2)c2ccc(Cl)c(-c3ncnn3C(F)F)c2)C1=O.CC(C)(C)C[C@]1(c2ccc(-c3cnn(C4CC4)n3)cc2F)N=C(NC(=O)OCc2ccccc2)N([C@H](COC(=O)CC2(C(F)(F)F)CC2)c2ccc(Cl)c(-c3ncnn3C(F)F)c2)C1=O. The van der Waals surface area contributed by atoms with Gasteiger partial charge < -0.3 is 19.9 Å². The summed E-state index contributed by atoms with van der Waals surface area (Å²) in [6.45, 7) is 2.70. The topological polar surface area (TPSA) is 305 Å². The monoisotopic (exact) mass is 1720 g/mol. The van der Waals surface area contributed by atoms with Crippen LogP contribution in [0.15, 0.2) is 138 Å². The van der Waals surface area contributed by atoms with E-state index < -0.39 is 156 Å². The number of halogens is 14. The van der Waals surface area contributed by atoms with Gasteiger partial charge >= 0.3 is 43.5 Å². The number of alkyl halides is 10. The van der Waals surface area contributed by atoms with Gasteiger partial charge in [0, 0.05) is 33.4 Å². The molecule has 3 amide bonds. The molecular formula is C80H78Cl2F12N18O8. The van der Waals surface area contributed by atoms with Crippen LogP contribution in [0.5, 0.6) is 0 Å². The molecule has 6 aliphatic rings. The Morgan fingerprint density at radius 1 is 0.558 bits per heavy atom. The molecule has 0 radical (unpaired) electrons. The summed E-state index contributed by atoms with van der Waals surface area (Å²) in [4.78, 5) is 92.9. The summed E-state index contributed by atoms with van der Waals surface area (Å²) in [6, 6.07) is 22.2. The molecule has 4 aromatic heterocycles. The van der Waals surface area contributed by atoms with Crippen molar-refractivity contribution in [2.45, 2.75) is 186 Å². The maximum atomic E-state index is 16.9. The van der Waals surface area contributed by atoms with Gasteiger partial charge in [-0.15, -0.1) is 0 Å². The molecule has 120 heavy (non-hydrogen) atoms. The number of nitrogens with two attached hydrogens (primary N) is 1. The molecule has 2 aliphatic heterocycles. The number of rotatable bonds is 26. The smallest absolute Gasteiger partial charge is 0.414 e. The third kappa shape index (κ3) is 17.7. The third-order valence-electron chi connectivity index (χ3n) is 21.5. The number of amides is 3. The molecule has 5 aromatic carbocycles. The van der Waals surface area contributed by atoms with Crippen LogP contribution in [-0.4, -0.2) is 137 Å². The first-order chi connectivity index (χ1) is 56.6. The molecule has 3 N–H and O–H groups in total. The predicted octanol–water partition coefficient (Wildman–Crippen LogP) is 17.0. The number of nitrogens with zero attached hydrogens (tertiary/aromatic N) is 16. The van der Waals surface area contributed by atoms with Crippen LogP contribution in [0.1, 0.15) is 184 Å². The number of carbonyl (C=O) groups excluding carboxylic acids is 5. The fraction of sp³-hybridized carbons (Fsp3) is 0.438. The molecule has 0 unspecified atom stereocenters. The average Bonchev–Trinajstić information content (AvgIpc) is 1.56. The number of guanidine groups is 2. The van der Waals surface area contributed by atoms with E-state index >= 15 is 13.6 Å². The number of hydrogen-bond donors (Lipinski definition) is 2. The highest BCUT2D eigenvalue weighted by Crippen LogP contribution is 2.62. The van der Waals surface area contributed by atoms with Crippen molar-refractivity contribution in [2.24, 2.45) is 37.4 Å². The lowest BCUT2D eigenvalue weighted by atomic mass is 9.75. The van der Waals surface area contributed by atoms with E-state index in [4.69, 9.17) is 48.1 Å². The lowest BCUT2D eigenvalue weighted by molar-refractivity contribution is -0.195. The molecule has 4 saturated carbocycles. The zero-order valence-electron chi connectivity index (χ0n) is 65.0. The first-order valence-electron chi connectivity index (χ1n) is 38.0. The van der Waals surface area contributed by atoms with Crippen molar-refractivity contribution in [2.75, 3.05) is 13.2 Å². The van der Waals surface area contributed by atoms with Crippen molar-refractivity contribution in [1.29, 1.82) is 0 Å². The first-order valence-corrected chi connectivity index (χ1v) is 38.8. The van der Waals surface area contributed by atoms with Crippen molar-refractivity contribution < 1.29 is 90.9 Å². The fourth-order valence-corrected chi connectivity index (χ4v) is 15.3. The Morgan fingerprint density at radius 3 is 1.38 bits per heavy atom. The molecule has 634 valence electrons. The van der Waals surface area contributed by atoms with Crippen molar-refractivity contribution >= 4 is 65.0 Å². The molecule has 26 nitrogen and oxygen atoms in total. The second-order valence-corrected chi connectivity index (χ2v) is 33.8. The van der Waals surface area contributed by atoms with E-state index in [9.17, 15) is 63.1 Å². The fourth-order valence-electron chi connectivity index (χ4n) is 14.9. The number of carbonyl (C=O) groups is 5. The highest BCUT2D eigenvalue weighted by Gasteiger charge is 2.66. The lowest BCUT2D eigenvalue weighted by Crippen LogP contribution is -2.50. The zero-order valence-corrected chi connectivity index (χ0v) is 66.5. The average molecular weight is 1720 g/mol. The van der Waals surface area contributed by atoms with Crippen molar-refractivity contribution in [3.05, 3.63) is 178 Å². The van der Waals surface area contributed by atoms with Crippen LogP contribution in [0.4, 0.5) is 57.5 Å². The highest BCUT2D eigenvalue weighted by molar-refractivity contribution is 6.33. The summed E-state index contributed by atoms with van der Waals surface area (Å²) in [7, 11) is 0. The molecule has 0 bridgehead atoms. The Bertz CT molecular complexity index is 5480. The second kappa shape index (κ2) is 32.3. The zero-order chi connectivity index (χ0) is 86.1. The van der Waals surface area contributed by atoms with Gasteiger partial charge in [0.2, 0.25) is 5.96 Å². The van der Waals surface area contributed by atoms with Crippen LogP contribution < -0.4 is 11.1 Å². The minimum Gasteiger partial charge on any atom is -0.463 e. The van der Waals surface area contributed by atoms with E-state index in [0.717, 1.165) is 48.1 Å². The Morgan fingerprint density at radius 2 is 0.983 bits per heavy atom. The summed E-state index contributed by atoms with van der Waals surface area (Å²) in [6.07, 6.45) is -5.27. The number of aromatic nitrogens is 12. The molecule has 9 aromatic rings. The van der Waals surface area contributed by atoms with Crippen LogP contribution in [0.2, 0.25) is 10.0 Å². The van der Waals surface area contributed by atoms with Crippen LogP contribution in [-0.2, 0) is 51.1 Å². The molecule has 4 atom stereocenters. The molecule has 4 aliphatic carbocycles. The summed E-state index contributed by atoms with van der Waals surface area (Å²) in [5, 5.41) is 27.0. The molecule has 6 heterocycles. The number of aliphatic imine (C=N–C) groups is 2. The highest BCUT2D eigenvalue weighted by atomic mass is 35.5. The van der Waals surface area contributed by atoms with Crippen LogP contribution in [0.25, 0.3) is 45.3 Å². The van der Waals surface area contributed by atoms with E-state index in [1.54, 1.807) is 72.8 Å². The summed E-state index contributed by atoms with van der Waals surface area (Å²) in [5.41, 5.74) is -1.78. The summed E-state index contributed by atoms with van der Waals surface area (Å²) < 4.78 is 190. The Labute approximate surface area is 686 Å².